The first-order valence-corrected chi connectivity index (χ1v) is 11.4. The minimum Gasteiger partial charge on any atom is -0.478 e. The molecule has 162 valence electrons. The minimum atomic E-state index is -4.51. The first-order valence-electron chi connectivity index (χ1n) is 7.70. The quantitative estimate of drug-likeness (QED) is 0.200. The number of rotatable bonds is 9. The Labute approximate surface area is 161 Å². The maximum absolute atomic E-state index is 12.1. The number of nitrogens with one attached hydrogen (secondary N) is 2. The van der Waals surface area contributed by atoms with Crippen LogP contribution in [0.4, 0.5) is 0 Å². The number of carbonyl (C=O) groups excluding carboxylic acids is 1. The van der Waals surface area contributed by atoms with Gasteiger partial charge in [0.25, 0.3) is 0 Å². The van der Waals surface area contributed by atoms with E-state index in [-0.39, 0.29) is 0 Å². The van der Waals surface area contributed by atoms with Gasteiger partial charge in [0.05, 0.1) is 18.7 Å². The number of carboxylic acid groups (broad SMARTS) is 1. The fraction of sp³-hybridized carbons (Fsp3) is 0.692. The third-order valence-electron chi connectivity index (χ3n) is 3.52. The van der Waals surface area contributed by atoms with Gasteiger partial charge in [0.2, 0.25) is 21.7 Å². The van der Waals surface area contributed by atoms with Crippen LogP contribution in [0, 0.1) is 0 Å². The van der Waals surface area contributed by atoms with E-state index in [1.165, 1.54) is 0 Å². The Morgan fingerprint density at radius 3 is 2.25 bits per heavy atom. The molecular weight excluding hydrogens is 424 g/mol. The summed E-state index contributed by atoms with van der Waals surface area (Å²) in [5.74, 6) is -3.18. The van der Waals surface area contributed by atoms with Crippen LogP contribution in [0.3, 0.4) is 0 Å². The van der Waals surface area contributed by atoms with Crippen molar-refractivity contribution in [3.8, 4) is 0 Å². The molecule has 0 unspecified atom stereocenters. The van der Waals surface area contributed by atoms with Crippen molar-refractivity contribution in [1.82, 2.24) is 10.0 Å². The molecule has 0 radical (unpaired) electrons. The van der Waals surface area contributed by atoms with Gasteiger partial charge < -0.3 is 30.5 Å². The van der Waals surface area contributed by atoms with Gasteiger partial charge in [0, 0.05) is 13.2 Å². The van der Waals surface area contributed by atoms with Crippen LogP contribution in [0.25, 0.3) is 0 Å². The van der Waals surface area contributed by atoms with Gasteiger partial charge in [-0.05, 0) is 6.08 Å². The molecule has 1 heterocycles. The third-order valence-corrected chi connectivity index (χ3v) is 7.10. The molecule has 5 atom stereocenters. The van der Waals surface area contributed by atoms with E-state index in [1.807, 2.05) is 4.72 Å². The molecule has 13 nitrogen and oxygen atoms in total. The van der Waals surface area contributed by atoms with Crippen LogP contribution >= 0.6 is 0 Å². The molecule has 0 bridgehead atoms. The Kier molecular flexibility index (Phi) is 7.92. The Balaban J connectivity index is 3.38. The van der Waals surface area contributed by atoms with Crippen molar-refractivity contribution in [1.29, 1.82) is 0 Å². The second-order valence-corrected chi connectivity index (χ2v) is 10.4. The van der Waals surface area contributed by atoms with Gasteiger partial charge in [0.15, 0.2) is 14.9 Å². The Bertz CT molecular complexity index is 837. The minimum absolute atomic E-state index is 0.671. The highest BCUT2D eigenvalue weighted by atomic mass is 32.3. The molecule has 1 aliphatic rings. The number of aliphatic hydroxyl groups excluding tert-OH is 3. The van der Waals surface area contributed by atoms with Crippen molar-refractivity contribution in [3.63, 3.8) is 0 Å². The van der Waals surface area contributed by atoms with Gasteiger partial charge in [-0.1, -0.05) is 0 Å². The lowest BCUT2D eigenvalue weighted by Crippen LogP contribution is -2.63. The second kappa shape index (κ2) is 9.15. The largest absolute Gasteiger partial charge is 0.478 e. The molecule has 1 rings (SSSR count). The summed E-state index contributed by atoms with van der Waals surface area (Å²) in [6, 6.07) is -2.98. The molecule has 0 aromatic heterocycles. The predicted octanol–water partition coefficient (Wildman–Crippen LogP) is -4.14. The van der Waals surface area contributed by atoms with Crippen molar-refractivity contribution in [2.24, 2.45) is 0 Å². The molecular formula is C13H22N2O11S2. The standard InChI is InChI=1S/C13H22N2O11S2/c1-6(17)14-10-7(15-28(24,25)5-27(2,22)23)3-9(13(20)21)26-12(10)11(19)8(18)4-16/h3,7-8,10-12,15-16,18-19H,4-5H2,1-2H3,(H,14,17)(H,20,21)/t7-,8+,10+,11+,12+/m0/s1. The summed E-state index contributed by atoms with van der Waals surface area (Å²) in [4.78, 5) is 22.8. The molecule has 1 amide bonds. The number of aliphatic hydroxyl groups is 3. The molecule has 6 N–H and O–H groups in total. The summed E-state index contributed by atoms with van der Waals surface area (Å²) in [6.45, 7) is 0.106. The lowest BCUT2D eigenvalue weighted by Gasteiger charge is -2.39. The zero-order chi connectivity index (χ0) is 21.9. The third kappa shape index (κ3) is 6.99. The number of hydrogen-bond acceptors (Lipinski definition) is 10. The number of aliphatic carboxylic acids is 1. The molecule has 0 aromatic rings. The normalized spacial score (nSPS) is 25.2. The van der Waals surface area contributed by atoms with E-state index in [0.29, 0.717) is 6.26 Å². The molecule has 0 spiro atoms. The molecule has 0 saturated heterocycles. The number of sulfonamides is 1. The summed E-state index contributed by atoms with van der Waals surface area (Å²) >= 11 is 0. The number of sulfone groups is 1. The first-order chi connectivity index (χ1) is 12.7. The summed E-state index contributed by atoms with van der Waals surface area (Å²) < 4.78 is 53.8. The summed E-state index contributed by atoms with van der Waals surface area (Å²) in [7, 11) is -8.49. The SMILES string of the molecule is CC(=O)N[C@H]1[C@H]([C@H](O)[C@H](O)CO)OC(C(=O)O)=C[C@@H]1NS(=O)(=O)CS(C)(=O)=O. The lowest BCUT2D eigenvalue weighted by atomic mass is 9.92. The van der Waals surface area contributed by atoms with Crippen LogP contribution in [-0.4, -0.2) is 97.5 Å². The van der Waals surface area contributed by atoms with Crippen LogP contribution in [0.15, 0.2) is 11.8 Å². The van der Waals surface area contributed by atoms with Crippen molar-refractivity contribution in [2.75, 3.05) is 17.9 Å². The van der Waals surface area contributed by atoms with Gasteiger partial charge in [-0.2, -0.15) is 0 Å². The number of hydrogen-bond donors (Lipinski definition) is 6. The molecule has 0 aromatic carbocycles. The fourth-order valence-electron chi connectivity index (χ4n) is 2.50. The van der Waals surface area contributed by atoms with E-state index in [2.05, 4.69) is 5.32 Å². The smallest absolute Gasteiger partial charge is 0.370 e. The van der Waals surface area contributed by atoms with Crippen molar-refractivity contribution >= 4 is 31.7 Å². The number of carbonyl (C=O) groups is 2. The summed E-state index contributed by atoms with van der Waals surface area (Å²) in [5.41, 5.74) is 0. The first kappa shape index (κ1) is 24.3. The monoisotopic (exact) mass is 446 g/mol. The van der Waals surface area contributed by atoms with Gasteiger partial charge in [0.1, 0.15) is 18.3 Å². The second-order valence-electron chi connectivity index (χ2n) is 6.19. The van der Waals surface area contributed by atoms with Crippen LogP contribution in [0.5, 0.6) is 0 Å². The maximum atomic E-state index is 12.1. The summed E-state index contributed by atoms with van der Waals surface area (Å²) in [5, 5.41) is 38.9. The maximum Gasteiger partial charge on any atom is 0.370 e. The molecule has 0 saturated carbocycles. The van der Waals surface area contributed by atoms with Crippen LogP contribution in [0.1, 0.15) is 6.92 Å². The number of carboxylic acids is 1. The average Bonchev–Trinajstić information content (AvgIpc) is 2.51. The molecule has 0 fully saturated rings. The number of amides is 1. The zero-order valence-electron chi connectivity index (χ0n) is 14.8. The molecule has 15 heteroatoms. The van der Waals surface area contributed by atoms with Gasteiger partial charge in [-0.15, -0.1) is 0 Å². The van der Waals surface area contributed by atoms with Crippen molar-refractivity contribution in [3.05, 3.63) is 11.8 Å². The predicted molar refractivity (Wildman–Crippen MR) is 92.9 cm³/mol. The van der Waals surface area contributed by atoms with E-state index in [1.54, 1.807) is 0 Å². The van der Waals surface area contributed by atoms with E-state index in [4.69, 9.17) is 14.9 Å². The summed E-state index contributed by atoms with van der Waals surface area (Å²) in [6.07, 6.45) is -3.97. The van der Waals surface area contributed by atoms with Crippen LogP contribution in [-0.2, 0) is 34.2 Å². The molecule has 28 heavy (non-hydrogen) atoms. The van der Waals surface area contributed by atoms with E-state index in [9.17, 15) is 36.6 Å². The molecule has 1 aliphatic heterocycles. The molecule has 0 aliphatic carbocycles. The van der Waals surface area contributed by atoms with Gasteiger partial charge >= 0.3 is 5.97 Å². The Hall–Kier alpha value is -1.78. The highest BCUT2D eigenvalue weighted by molar-refractivity contribution is 8.06. The van der Waals surface area contributed by atoms with Crippen LogP contribution in [0.2, 0.25) is 0 Å². The van der Waals surface area contributed by atoms with Crippen molar-refractivity contribution < 1.29 is 51.6 Å². The lowest BCUT2D eigenvalue weighted by molar-refractivity contribution is -0.146. The fourth-order valence-corrected chi connectivity index (χ4v) is 5.65. The van der Waals surface area contributed by atoms with E-state index >= 15 is 0 Å². The van der Waals surface area contributed by atoms with Gasteiger partial charge in [-0.25, -0.2) is 26.4 Å². The topological polar surface area (TPSA) is 217 Å². The zero-order valence-corrected chi connectivity index (χ0v) is 16.5. The van der Waals surface area contributed by atoms with Gasteiger partial charge in [-0.3, -0.25) is 4.79 Å². The Morgan fingerprint density at radius 1 is 1.25 bits per heavy atom. The van der Waals surface area contributed by atoms with Crippen LogP contribution < -0.4 is 10.0 Å². The van der Waals surface area contributed by atoms with E-state index < -0.39 is 79.6 Å². The highest BCUT2D eigenvalue weighted by Gasteiger charge is 2.44. The van der Waals surface area contributed by atoms with E-state index in [0.717, 1.165) is 13.0 Å². The van der Waals surface area contributed by atoms with Crippen molar-refractivity contribution in [2.45, 2.75) is 37.3 Å². The Morgan fingerprint density at radius 2 is 1.82 bits per heavy atom. The average molecular weight is 446 g/mol. The highest BCUT2D eigenvalue weighted by Crippen LogP contribution is 2.23. The number of ether oxygens (including phenoxy) is 1.